The van der Waals surface area contributed by atoms with Crippen molar-refractivity contribution >= 4 is 17.3 Å². The van der Waals surface area contributed by atoms with Gasteiger partial charge >= 0.3 is 5.97 Å². The zero-order valence-corrected chi connectivity index (χ0v) is 10.7. The molecule has 0 saturated heterocycles. The minimum absolute atomic E-state index is 0.149. The Labute approximate surface area is 110 Å². The van der Waals surface area contributed by atoms with Crippen molar-refractivity contribution in [2.45, 2.75) is 6.92 Å². The Kier molecular flexibility index (Phi) is 3.51. The summed E-state index contributed by atoms with van der Waals surface area (Å²) in [4.78, 5) is 12.8. The molecule has 0 radical (unpaired) electrons. The van der Waals surface area contributed by atoms with Crippen LogP contribution in [0.15, 0.2) is 42.5 Å². The number of halogens is 1. The third kappa shape index (κ3) is 2.57. The summed E-state index contributed by atoms with van der Waals surface area (Å²) in [6.45, 7) is 1.87. The summed E-state index contributed by atoms with van der Waals surface area (Å²) in [6.07, 6.45) is 0. The fourth-order valence-electron chi connectivity index (χ4n) is 1.95. The number of aromatic carboxylic acids is 1. The Morgan fingerprint density at radius 3 is 2.47 bits per heavy atom. The quantitative estimate of drug-likeness (QED) is 0.915. The second-order valence-electron chi connectivity index (χ2n) is 4.34. The Morgan fingerprint density at radius 1 is 1.16 bits per heavy atom. The largest absolute Gasteiger partial charge is 0.478 e. The van der Waals surface area contributed by atoms with E-state index in [2.05, 4.69) is 0 Å². The van der Waals surface area contributed by atoms with Crippen LogP contribution in [0.2, 0.25) is 0 Å². The van der Waals surface area contributed by atoms with Crippen LogP contribution in [0.25, 0.3) is 0 Å². The van der Waals surface area contributed by atoms with E-state index < -0.39 is 5.97 Å². The molecule has 2 aromatic rings. The maximum absolute atomic E-state index is 13.8. The van der Waals surface area contributed by atoms with E-state index in [4.69, 9.17) is 0 Å². The van der Waals surface area contributed by atoms with Gasteiger partial charge in [0.2, 0.25) is 0 Å². The lowest BCUT2D eigenvalue weighted by Gasteiger charge is -2.22. The van der Waals surface area contributed by atoms with E-state index in [9.17, 15) is 14.3 Å². The number of anilines is 2. The van der Waals surface area contributed by atoms with E-state index in [0.717, 1.165) is 5.56 Å². The molecular weight excluding hydrogens is 245 g/mol. The summed E-state index contributed by atoms with van der Waals surface area (Å²) in [5.74, 6) is -1.42. The number of carboxylic acid groups (broad SMARTS) is 1. The Bertz CT molecular complexity index is 625. The zero-order chi connectivity index (χ0) is 14.0. The molecule has 0 atom stereocenters. The van der Waals surface area contributed by atoms with E-state index in [-0.39, 0.29) is 11.4 Å². The summed E-state index contributed by atoms with van der Waals surface area (Å²) >= 11 is 0. The van der Waals surface area contributed by atoms with Crippen molar-refractivity contribution in [2.75, 3.05) is 11.9 Å². The number of rotatable bonds is 3. The van der Waals surface area contributed by atoms with Crippen LogP contribution in [0.3, 0.4) is 0 Å². The second kappa shape index (κ2) is 5.10. The minimum atomic E-state index is -1.03. The number of hydrogen-bond donors (Lipinski definition) is 1. The zero-order valence-electron chi connectivity index (χ0n) is 10.7. The van der Waals surface area contributed by atoms with E-state index in [1.165, 1.54) is 12.1 Å². The number of benzene rings is 2. The number of nitrogens with zero attached hydrogens (tertiary/aromatic N) is 1. The lowest BCUT2D eigenvalue weighted by atomic mass is 10.1. The number of aryl methyl sites for hydroxylation is 1. The van der Waals surface area contributed by atoms with E-state index in [0.29, 0.717) is 11.4 Å². The van der Waals surface area contributed by atoms with Gasteiger partial charge in [-0.3, -0.25) is 0 Å². The maximum Gasteiger partial charge on any atom is 0.337 e. The van der Waals surface area contributed by atoms with Gasteiger partial charge in [0.25, 0.3) is 0 Å². The molecule has 0 aromatic heterocycles. The predicted octanol–water partition coefficient (Wildman–Crippen LogP) is 3.60. The smallest absolute Gasteiger partial charge is 0.337 e. The van der Waals surface area contributed by atoms with Crippen LogP contribution in [0.1, 0.15) is 15.9 Å². The molecular formula is C15H14FNO2. The highest BCUT2D eigenvalue weighted by Crippen LogP contribution is 2.29. The molecule has 2 rings (SSSR count). The summed E-state index contributed by atoms with van der Waals surface area (Å²) in [6, 6.07) is 11.3. The number of hydrogen-bond acceptors (Lipinski definition) is 2. The monoisotopic (exact) mass is 259 g/mol. The van der Waals surface area contributed by atoms with Crippen molar-refractivity contribution in [1.29, 1.82) is 0 Å². The van der Waals surface area contributed by atoms with Gasteiger partial charge in [-0.1, -0.05) is 18.2 Å². The molecule has 0 spiro atoms. The van der Waals surface area contributed by atoms with Gasteiger partial charge in [0, 0.05) is 7.05 Å². The molecule has 19 heavy (non-hydrogen) atoms. The third-order valence-corrected chi connectivity index (χ3v) is 2.96. The van der Waals surface area contributed by atoms with Crippen LogP contribution in [0, 0.1) is 12.7 Å². The van der Waals surface area contributed by atoms with Crippen molar-refractivity contribution in [1.82, 2.24) is 0 Å². The molecule has 0 saturated carbocycles. The molecule has 0 fully saturated rings. The molecule has 0 aliphatic rings. The van der Waals surface area contributed by atoms with Gasteiger partial charge in [-0.15, -0.1) is 0 Å². The van der Waals surface area contributed by atoms with Crippen LogP contribution in [0.5, 0.6) is 0 Å². The Hall–Kier alpha value is -2.36. The molecule has 3 nitrogen and oxygen atoms in total. The first kappa shape index (κ1) is 13.1. The van der Waals surface area contributed by atoms with Gasteiger partial charge in [-0.25, -0.2) is 9.18 Å². The average Bonchev–Trinajstić information content (AvgIpc) is 2.38. The van der Waals surface area contributed by atoms with Crippen molar-refractivity contribution in [2.24, 2.45) is 0 Å². The van der Waals surface area contributed by atoms with Crippen molar-refractivity contribution in [3.63, 3.8) is 0 Å². The highest BCUT2D eigenvalue weighted by atomic mass is 19.1. The maximum atomic E-state index is 13.8. The van der Waals surface area contributed by atoms with Crippen molar-refractivity contribution in [3.8, 4) is 0 Å². The van der Waals surface area contributed by atoms with Gasteiger partial charge < -0.3 is 10.0 Å². The van der Waals surface area contributed by atoms with Crippen LogP contribution < -0.4 is 4.90 Å². The molecule has 0 aliphatic carbocycles. The van der Waals surface area contributed by atoms with Crippen LogP contribution in [0.4, 0.5) is 15.8 Å². The minimum Gasteiger partial charge on any atom is -0.478 e. The van der Waals surface area contributed by atoms with Crippen LogP contribution >= 0.6 is 0 Å². The molecule has 1 N–H and O–H groups in total. The first-order chi connectivity index (χ1) is 9.00. The molecule has 2 aromatic carbocycles. The topological polar surface area (TPSA) is 40.5 Å². The van der Waals surface area contributed by atoms with Gasteiger partial charge in [0.1, 0.15) is 5.82 Å². The normalized spacial score (nSPS) is 10.3. The average molecular weight is 259 g/mol. The number of carbonyl (C=O) groups is 1. The number of para-hydroxylation sites is 1. The van der Waals surface area contributed by atoms with E-state index in [1.807, 2.05) is 6.92 Å². The van der Waals surface area contributed by atoms with Gasteiger partial charge in [-0.05, 0) is 36.8 Å². The standard InChI is InChI=1S/C15H14FNO2/c1-10-7-8-11(15(18)19)14(9-10)17(2)13-6-4-3-5-12(13)16/h3-9H,1-2H3,(H,18,19). The second-order valence-corrected chi connectivity index (χ2v) is 4.34. The summed E-state index contributed by atoms with van der Waals surface area (Å²) < 4.78 is 13.8. The molecule has 0 bridgehead atoms. The van der Waals surface area contributed by atoms with E-state index >= 15 is 0 Å². The molecule has 98 valence electrons. The van der Waals surface area contributed by atoms with Gasteiger partial charge in [-0.2, -0.15) is 0 Å². The van der Waals surface area contributed by atoms with Gasteiger partial charge in [0.05, 0.1) is 16.9 Å². The van der Waals surface area contributed by atoms with Crippen LogP contribution in [-0.4, -0.2) is 18.1 Å². The fraction of sp³-hybridized carbons (Fsp3) is 0.133. The van der Waals surface area contributed by atoms with E-state index in [1.54, 1.807) is 42.3 Å². The Balaban J connectivity index is 2.55. The lowest BCUT2D eigenvalue weighted by molar-refractivity contribution is 0.0697. The lowest BCUT2D eigenvalue weighted by Crippen LogP contribution is -2.15. The molecule has 0 amide bonds. The first-order valence-corrected chi connectivity index (χ1v) is 5.83. The number of carboxylic acids is 1. The highest BCUT2D eigenvalue weighted by molar-refractivity contribution is 5.95. The van der Waals surface area contributed by atoms with Crippen LogP contribution in [-0.2, 0) is 0 Å². The summed E-state index contributed by atoms with van der Waals surface area (Å²) in [5.41, 5.74) is 1.88. The molecule has 0 unspecified atom stereocenters. The predicted molar refractivity (Wildman–Crippen MR) is 72.6 cm³/mol. The molecule has 0 aliphatic heterocycles. The fourth-order valence-corrected chi connectivity index (χ4v) is 1.95. The highest BCUT2D eigenvalue weighted by Gasteiger charge is 2.16. The van der Waals surface area contributed by atoms with Gasteiger partial charge in [0.15, 0.2) is 0 Å². The summed E-state index contributed by atoms with van der Waals surface area (Å²) in [7, 11) is 1.65. The molecule has 0 heterocycles. The SMILES string of the molecule is Cc1ccc(C(=O)O)c(N(C)c2ccccc2F)c1. The first-order valence-electron chi connectivity index (χ1n) is 5.83. The summed E-state index contributed by atoms with van der Waals surface area (Å²) in [5, 5.41) is 9.20. The molecule has 4 heteroatoms. The van der Waals surface area contributed by atoms with Crippen molar-refractivity contribution in [3.05, 3.63) is 59.4 Å². The Morgan fingerprint density at radius 2 is 1.84 bits per heavy atom. The third-order valence-electron chi connectivity index (χ3n) is 2.96. The van der Waals surface area contributed by atoms with Crippen molar-refractivity contribution < 1.29 is 14.3 Å².